The van der Waals surface area contributed by atoms with Crippen LogP contribution in [0.5, 0.6) is 0 Å². The topological polar surface area (TPSA) is 50.7 Å². The summed E-state index contributed by atoms with van der Waals surface area (Å²) in [4.78, 5) is 20.1. The first-order chi connectivity index (χ1) is 10.8. The van der Waals surface area contributed by atoms with Gasteiger partial charge < -0.3 is 0 Å². The summed E-state index contributed by atoms with van der Waals surface area (Å²) >= 11 is 3.61. The van der Waals surface area contributed by atoms with Crippen LogP contribution in [0.3, 0.4) is 0 Å². The highest BCUT2D eigenvalue weighted by Gasteiger charge is 2.23. The van der Waals surface area contributed by atoms with Crippen LogP contribution in [0.1, 0.15) is 45.0 Å². The number of hydrogen-bond donors (Lipinski definition) is 1. The number of benzene rings is 1. The number of rotatable bonds is 2. The number of nitrogens with zero attached hydrogens (tertiary/aromatic N) is 2. The highest BCUT2D eigenvalue weighted by atomic mass is 79.9. The largest absolute Gasteiger partial charge is 0.328 e. The third-order valence-electron chi connectivity index (χ3n) is 4.04. The summed E-state index contributed by atoms with van der Waals surface area (Å²) in [5.41, 5.74) is 3.23. The molecule has 3 aromatic rings. The molecule has 0 amide bonds. The number of nitrogens with one attached hydrogen (secondary N) is 1. The third kappa shape index (κ3) is 2.85. The number of imidazole rings is 1. The van der Waals surface area contributed by atoms with Gasteiger partial charge in [-0.25, -0.2) is 9.78 Å². The lowest BCUT2D eigenvalue weighted by molar-refractivity contribution is 0.567. The van der Waals surface area contributed by atoms with Gasteiger partial charge in [0.25, 0.3) is 0 Å². The molecule has 3 rings (SSSR count). The van der Waals surface area contributed by atoms with Crippen LogP contribution in [0.25, 0.3) is 11.2 Å². The van der Waals surface area contributed by atoms with Crippen molar-refractivity contribution in [3.05, 3.63) is 62.6 Å². The molecule has 1 aromatic carbocycles. The summed E-state index contributed by atoms with van der Waals surface area (Å²) in [6, 6.07) is 11.9. The third-order valence-corrected chi connectivity index (χ3v) is 4.64. The summed E-state index contributed by atoms with van der Waals surface area (Å²) in [6.45, 7) is 8.34. The molecule has 23 heavy (non-hydrogen) atoms. The van der Waals surface area contributed by atoms with Crippen molar-refractivity contribution >= 4 is 27.1 Å². The van der Waals surface area contributed by atoms with E-state index in [1.165, 1.54) is 0 Å². The zero-order valence-corrected chi connectivity index (χ0v) is 15.3. The minimum Gasteiger partial charge on any atom is -0.290 e. The van der Waals surface area contributed by atoms with Gasteiger partial charge in [0.05, 0.1) is 17.3 Å². The Morgan fingerprint density at radius 3 is 2.48 bits per heavy atom. The second kappa shape index (κ2) is 5.64. The average molecular weight is 374 g/mol. The number of halogens is 1. The van der Waals surface area contributed by atoms with Gasteiger partial charge in [0.2, 0.25) is 0 Å². The molecule has 2 heterocycles. The molecule has 0 saturated carbocycles. The summed E-state index contributed by atoms with van der Waals surface area (Å²) in [6.07, 6.45) is 0. The van der Waals surface area contributed by atoms with Crippen molar-refractivity contribution in [1.82, 2.24) is 14.5 Å². The van der Waals surface area contributed by atoms with E-state index >= 15 is 0 Å². The summed E-state index contributed by atoms with van der Waals surface area (Å²) in [7, 11) is 0. The molecular formula is C18H20BrN3O. The smallest absolute Gasteiger partial charge is 0.290 e. The van der Waals surface area contributed by atoms with Gasteiger partial charge >= 0.3 is 5.69 Å². The van der Waals surface area contributed by atoms with Crippen molar-refractivity contribution in [3.8, 4) is 0 Å². The van der Waals surface area contributed by atoms with Crippen LogP contribution < -0.4 is 5.69 Å². The van der Waals surface area contributed by atoms with E-state index < -0.39 is 0 Å². The number of aromatic amines is 1. The Morgan fingerprint density at radius 1 is 1.22 bits per heavy atom. The zero-order chi connectivity index (χ0) is 16.8. The Hall–Kier alpha value is -1.88. The van der Waals surface area contributed by atoms with Crippen LogP contribution in [0, 0.1) is 0 Å². The van der Waals surface area contributed by atoms with Gasteiger partial charge in [0.1, 0.15) is 0 Å². The standard InChI is InChI=1S/C18H20BrN3O/c1-11(12-8-6-5-7-9-12)22-14-10-13(19)15(18(2,3)4)20-16(14)21-17(22)23/h5-11H,1-4H3,(H,20,21,23). The first-order valence-electron chi connectivity index (χ1n) is 7.65. The van der Waals surface area contributed by atoms with Gasteiger partial charge in [-0.05, 0) is 34.5 Å². The normalized spacial score (nSPS) is 13.4. The van der Waals surface area contributed by atoms with E-state index in [4.69, 9.17) is 0 Å². The quantitative estimate of drug-likeness (QED) is 0.723. The molecule has 0 bridgehead atoms. The number of hydrogen-bond acceptors (Lipinski definition) is 2. The molecule has 1 unspecified atom stereocenters. The molecule has 0 fully saturated rings. The van der Waals surface area contributed by atoms with E-state index in [-0.39, 0.29) is 17.1 Å². The van der Waals surface area contributed by atoms with Gasteiger partial charge in [-0.15, -0.1) is 0 Å². The number of H-pyrrole nitrogens is 1. The molecule has 0 aliphatic heterocycles. The van der Waals surface area contributed by atoms with Gasteiger partial charge in [-0.3, -0.25) is 9.55 Å². The van der Waals surface area contributed by atoms with Crippen molar-refractivity contribution in [1.29, 1.82) is 0 Å². The zero-order valence-electron chi connectivity index (χ0n) is 13.7. The van der Waals surface area contributed by atoms with Crippen molar-refractivity contribution in [2.75, 3.05) is 0 Å². The first kappa shape index (κ1) is 16.0. The van der Waals surface area contributed by atoms with Crippen molar-refractivity contribution < 1.29 is 0 Å². The molecule has 2 aromatic heterocycles. The SMILES string of the molecule is CC(c1ccccc1)n1c(=O)[nH]c2nc(C(C)(C)C)c(Br)cc21. The fourth-order valence-corrected chi connectivity index (χ4v) is 3.72. The van der Waals surface area contributed by atoms with Crippen LogP contribution in [0.15, 0.2) is 45.7 Å². The molecule has 0 aliphatic carbocycles. The molecule has 0 radical (unpaired) electrons. The van der Waals surface area contributed by atoms with Crippen molar-refractivity contribution in [2.45, 2.75) is 39.2 Å². The van der Waals surface area contributed by atoms with E-state index in [0.717, 1.165) is 21.2 Å². The first-order valence-corrected chi connectivity index (χ1v) is 8.44. The predicted molar refractivity (Wildman–Crippen MR) is 97.0 cm³/mol. The maximum absolute atomic E-state index is 12.5. The number of fused-ring (bicyclic) bond motifs is 1. The summed E-state index contributed by atoms with van der Waals surface area (Å²) < 4.78 is 2.68. The maximum atomic E-state index is 12.5. The van der Waals surface area contributed by atoms with Crippen LogP contribution in [-0.4, -0.2) is 14.5 Å². The molecule has 1 atom stereocenters. The maximum Gasteiger partial charge on any atom is 0.328 e. The molecule has 0 aliphatic rings. The van der Waals surface area contributed by atoms with Gasteiger partial charge in [0.15, 0.2) is 5.65 Å². The number of pyridine rings is 1. The Kier molecular flexibility index (Phi) is 3.92. The predicted octanol–water partition coefficient (Wildman–Crippen LogP) is 4.39. The average Bonchev–Trinajstić information content (AvgIpc) is 2.80. The van der Waals surface area contributed by atoms with Gasteiger partial charge in [0, 0.05) is 9.89 Å². The molecular weight excluding hydrogens is 354 g/mol. The van der Waals surface area contributed by atoms with E-state index in [9.17, 15) is 4.79 Å². The Bertz CT molecular complexity index is 904. The van der Waals surface area contributed by atoms with E-state index in [2.05, 4.69) is 46.7 Å². The van der Waals surface area contributed by atoms with Crippen LogP contribution >= 0.6 is 15.9 Å². The Morgan fingerprint density at radius 2 is 1.87 bits per heavy atom. The second-order valence-electron chi connectivity index (χ2n) is 6.82. The minimum absolute atomic E-state index is 0.0633. The summed E-state index contributed by atoms with van der Waals surface area (Å²) in [5, 5.41) is 0. The summed E-state index contributed by atoms with van der Waals surface area (Å²) in [5.74, 6) is 0. The minimum atomic E-state index is -0.137. The van der Waals surface area contributed by atoms with Crippen LogP contribution in [0.4, 0.5) is 0 Å². The van der Waals surface area contributed by atoms with Crippen molar-refractivity contribution in [2.24, 2.45) is 0 Å². The van der Waals surface area contributed by atoms with Crippen LogP contribution in [0.2, 0.25) is 0 Å². The molecule has 4 nitrogen and oxygen atoms in total. The molecule has 120 valence electrons. The second-order valence-corrected chi connectivity index (χ2v) is 7.68. The monoisotopic (exact) mass is 373 g/mol. The Labute approximate surface area is 143 Å². The molecule has 0 saturated heterocycles. The highest BCUT2D eigenvalue weighted by molar-refractivity contribution is 9.10. The fourth-order valence-electron chi connectivity index (χ4n) is 2.82. The Balaban J connectivity index is 2.22. The number of aromatic nitrogens is 3. The van der Waals surface area contributed by atoms with Crippen molar-refractivity contribution in [3.63, 3.8) is 0 Å². The van der Waals surface area contributed by atoms with E-state index in [1.807, 2.05) is 43.3 Å². The fraction of sp³-hybridized carbons (Fsp3) is 0.333. The lowest BCUT2D eigenvalue weighted by atomic mass is 9.91. The van der Waals surface area contributed by atoms with E-state index in [0.29, 0.717) is 5.65 Å². The molecule has 0 spiro atoms. The lowest BCUT2D eigenvalue weighted by Crippen LogP contribution is -2.21. The van der Waals surface area contributed by atoms with Gasteiger partial charge in [-0.2, -0.15) is 0 Å². The van der Waals surface area contributed by atoms with Gasteiger partial charge in [-0.1, -0.05) is 51.1 Å². The molecule has 5 heteroatoms. The lowest BCUT2D eigenvalue weighted by Gasteiger charge is -2.20. The highest BCUT2D eigenvalue weighted by Crippen LogP contribution is 2.31. The van der Waals surface area contributed by atoms with E-state index in [1.54, 1.807) is 4.57 Å². The van der Waals surface area contributed by atoms with Crippen LogP contribution in [-0.2, 0) is 5.41 Å². The molecule has 1 N–H and O–H groups in total.